The summed E-state index contributed by atoms with van der Waals surface area (Å²) in [5, 5.41) is 0. The van der Waals surface area contributed by atoms with Crippen molar-refractivity contribution in [1.82, 2.24) is 0 Å². The Morgan fingerprint density at radius 3 is 1.69 bits per heavy atom. The van der Waals surface area contributed by atoms with Gasteiger partial charge in [-0.2, -0.15) is 39.5 Å². The highest BCUT2D eigenvalue weighted by Gasteiger charge is 2.82. The Morgan fingerprint density at radius 1 is 0.656 bits per heavy atom. The van der Waals surface area contributed by atoms with Crippen LogP contribution in [0.5, 0.6) is 0 Å². The Hall–Kier alpha value is -0.630. The highest BCUT2D eigenvalue weighted by atomic mass is 19.4. The highest BCUT2D eigenvalue weighted by molar-refractivity contribution is 5.02. The van der Waals surface area contributed by atoms with E-state index in [1.54, 1.807) is 0 Å². The molecule has 0 aromatic carbocycles. The van der Waals surface area contributed by atoms with Crippen LogP contribution in [0.15, 0.2) is 0 Å². The molecule has 0 aromatic rings. The summed E-state index contributed by atoms with van der Waals surface area (Å²) in [6.07, 6.45) is 3.10. The maximum atomic E-state index is 14.4. The lowest BCUT2D eigenvalue weighted by molar-refractivity contribution is -0.403. The third-order valence-electron chi connectivity index (χ3n) is 7.69. The Kier molecular flexibility index (Phi) is 9.27. The molecular formula is C23H35F9. The zero-order valence-corrected chi connectivity index (χ0v) is 18.6. The van der Waals surface area contributed by atoms with Gasteiger partial charge in [-0.3, -0.25) is 0 Å². The van der Waals surface area contributed by atoms with Crippen LogP contribution in [0.2, 0.25) is 0 Å². The third kappa shape index (κ3) is 5.89. The molecule has 0 heterocycles. The zero-order chi connectivity index (χ0) is 24.2. The summed E-state index contributed by atoms with van der Waals surface area (Å²) in [4.78, 5) is 0. The second kappa shape index (κ2) is 10.7. The quantitative estimate of drug-likeness (QED) is 0.272. The SMILES string of the molecule is CCCC(CCC[C@H]1CC[C@H](C2CCCCC2)CC1)C(F)(F)C(F)(F)C(F)(F)C(F)(F)F. The molecule has 9 heteroatoms. The molecule has 0 N–H and O–H groups in total. The van der Waals surface area contributed by atoms with E-state index in [-0.39, 0.29) is 18.8 Å². The Balaban J connectivity index is 1.91. The molecule has 2 rings (SSSR count). The average molecular weight is 483 g/mol. The molecule has 2 aliphatic rings. The lowest BCUT2D eigenvalue weighted by Gasteiger charge is -2.38. The molecule has 2 aliphatic carbocycles. The van der Waals surface area contributed by atoms with Crippen molar-refractivity contribution in [2.45, 2.75) is 121 Å². The smallest absolute Gasteiger partial charge is 0.199 e. The second-order valence-electron chi connectivity index (χ2n) is 9.86. The van der Waals surface area contributed by atoms with Crippen molar-refractivity contribution in [3.8, 4) is 0 Å². The zero-order valence-electron chi connectivity index (χ0n) is 18.6. The number of halogens is 9. The van der Waals surface area contributed by atoms with Gasteiger partial charge in [0.1, 0.15) is 0 Å². The van der Waals surface area contributed by atoms with Crippen molar-refractivity contribution in [3.05, 3.63) is 0 Å². The van der Waals surface area contributed by atoms with E-state index < -0.39 is 42.7 Å². The molecule has 0 saturated heterocycles. The molecular weight excluding hydrogens is 447 g/mol. The molecule has 0 aliphatic heterocycles. The number of hydrogen-bond donors (Lipinski definition) is 0. The van der Waals surface area contributed by atoms with Gasteiger partial charge >= 0.3 is 23.9 Å². The van der Waals surface area contributed by atoms with Gasteiger partial charge < -0.3 is 0 Å². The Labute approximate surface area is 184 Å². The van der Waals surface area contributed by atoms with Gasteiger partial charge in [0.05, 0.1) is 0 Å². The van der Waals surface area contributed by atoms with Gasteiger partial charge in [0, 0.05) is 5.92 Å². The van der Waals surface area contributed by atoms with Crippen molar-refractivity contribution in [1.29, 1.82) is 0 Å². The molecule has 2 fully saturated rings. The van der Waals surface area contributed by atoms with E-state index in [9.17, 15) is 39.5 Å². The van der Waals surface area contributed by atoms with Gasteiger partial charge in [-0.1, -0.05) is 71.1 Å². The van der Waals surface area contributed by atoms with Crippen molar-refractivity contribution in [2.75, 3.05) is 0 Å². The molecule has 1 atom stereocenters. The van der Waals surface area contributed by atoms with Gasteiger partial charge in [-0.25, -0.2) is 0 Å². The standard InChI is InChI=1S/C23H35F9/c1-2-7-19(20(24,25)21(26,27)22(28,29)23(30,31)32)11-6-8-16-12-14-18(15-13-16)17-9-4-3-5-10-17/h16-19H,2-15H2,1H3/t16-,18-,19?. The van der Waals surface area contributed by atoms with E-state index in [2.05, 4.69) is 0 Å². The molecule has 2 saturated carbocycles. The van der Waals surface area contributed by atoms with Crippen LogP contribution >= 0.6 is 0 Å². The molecule has 0 nitrogen and oxygen atoms in total. The van der Waals surface area contributed by atoms with Crippen molar-refractivity contribution < 1.29 is 39.5 Å². The monoisotopic (exact) mass is 482 g/mol. The molecule has 0 amide bonds. The van der Waals surface area contributed by atoms with Gasteiger partial charge in [0.15, 0.2) is 0 Å². The summed E-state index contributed by atoms with van der Waals surface area (Å²) >= 11 is 0. The molecule has 0 bridgehead atoms. The summed E-state index contributed by atoms with van der Waals surface area (Å²) in [7, 11) is 0. The average Bonchev–Trinajstić information content (AvgIpc) is 2.73. The summed E-state index contributed by atoms with van der Waals surface area (Å²) in [6, 6.07) is 0. The third-order valence-corrected chi connectivity index (χ3v) is 7.69. The predicted molar refractivity (Wildman–Crippen MR) is 105 cm³/mol. The molecule has 32 heavy (non-hydrogen) atoms. The van der Waals surface area contributed by atoms with Crippen LogP contribution in [0.3, 0.4) is 0 Å². The normalized spacial score (nSPS) is 25.7. The molecule has 0 radical (unpaired) electrons. The summed E-state index contributed by atoms with van der Waals surface area (Å²) in [5.41, 5.74) is 0. The van der Waals surface area contributed by atoms with Gasteiger partial charge in [0.2, 0.25) is 0 Å². The Morgan fingerprint density at radius 2 is 1.19 bits per heavy atom. The van der Waals surface area contributed by atoms with Crippen LogP contribution in [0.25, 0.3) is 0 Å². The minimum atomic E-state index is -6.80. The maximum Gasteiger partial charge on any atom is 0.460 e. The van der Waals surface area contributed by atoms with Crippen LogP contribution in [-0.2, 0) is 0 Å². The van der Waals surface area contributed by atoms with Crippen molar-refractivity contribution >= 4 is 0 Å². The van der Waals surface area contributed by atoms with E-state index in [1.165, 1.54) is 39.0 Å². The fraction of sp³-hybridized carbons (Fsp3) is 1.00. The van der Waals surface area contributed by atoms with Crippen LogP contribution in [-0.4, -0.2) is 23.9 Å². The van der Waals surface area contributed by atoms with Crippen LogP contribution < -0.4 is 0 Å². The maximum absolute atomic E-state index is 14.4. The largest absolute Gasteiger partial charge is 0.460 e. The number of alkyl halides is 9. The predicted octanol–water partition coefficient (Wildman–Crippen LogP) is 9.43. The summed E-state index contributed by atoms with van der Waals surface area (Å²) < 4.78 is 120. The topological polar surface area (TPSA) is 0 Å². The fourth-order valence-electron chi connectivity index (χ4n) is 5.71. The Bertz CT molecular complexity index is 556. The molecule has 190 valence electrons. The minimum absolute atomic E-state index is 0.0135. The van der Waals surface area contributed by atoms with Crippen LogP contribution in [0.4, 0.5) is 39.5 Å². The lowest BCUT2D eigenvalue weighted by Crippen LogP contribution is -2.63. The lowest BCUT2D eigenvalue weighted by atomic mass is 9.70. The first kappa shape index (κ1) is 27.6. The number of hydrogen-bond acceptors (Lipinski definition) is 0. The van der Waals surface area contributed by atoms with Crippen LogP contribution in [0.1, 0.15) is 96.8 Å². The first-order valence-electron chi connectivity index (χ1n) is 12.0. The van der Waals surface area contributed by atoms with Gasteiger partial charge in [-0.15, -0.1) is 0 Å². The first-order chi connectivity index (χ1) is 14.8. The number of rotatable bonds is 10. The minimum Gasteiger partial charge on any atom is -0.199 e. The first-order valence-corrected chi connectivity index (χ1v) is 12.0. The van der Waals surface area contributed by atoms with Crippen LogP contribution in [0, 0.1) is 23.7 Å². The summed E-state index contributed by atoms with van der Waals surface area (Å²) in [6.45, 7) is 1.41. The van der Waals surface area contributed by atoms with Crippen molar-refractivity contribution in [2.24, 2.45) is 23.7 Å². The van der Waals surface area contributed by atoms with E-state index in [0.29, 0.717) is 12.3 Å². The van der Waals surface area contributed by atoms with Gasteiger partial charge in [0.25, 0.3) is 0 Å². The van der Waals surface area contributed by atoms with Crippen molar-refractivity contribution in [3.63, 3.8) is 0 Å². The van der Waals surface area contributed by atoms with E-state index in [0.717, 1.165) is 31.6 Å². The molecule has 0 aromatic heterocycles. The van der Waals surface area contributed by atoms with E-state index in [4.69, 9.17) is 0 Å². The van der Waals surface area contributed by atoms with Gasteiger partial charge in [-0.05, 0) is 43.4 Å². The molecule has 0 spiro atoms. The summed E-state index contributed by atoms with van der Waals surface area (Å²) in [5.74, 6) is -19.3. The van der Waals surface area contributed by atoms with E-state index in [1.807, 2.05) is 0 Å². The van der Waals surface area contributed by atoms with E-state index >= 15 is 0 Å². The second-order valence-corrected chi connectivity index (χ2v) is 9.86. The fourth-order valence-corrected chi connectivity index (χ4v) is 5.71. The molecule has 1 unspecified atom stereocenters. The highest BCUT2D eigenvalue weighted by Crippen LogP contribution is 2.56.